The Labute approximate surface area is 192 Å². The summed E-state index contributed by atoms with van der Waals surface area (Å²) in [6.07, 6.45) is 2.39. The highest BCUT2D eigenvalue weighted by Gasteiger charge is 2.11. The minimum absolute atomic E-state index is 0.197. The highest BCUT2D eigenvalue weighted by atomic mass is 16.5. The number of carbonyl (C=O) groups is 2. The van der Waals surface area contributed by atoms with Gasteiger partial charge in [0, 0.05) is 34.9 Å². The van der Waals surface area contributed by atoms with Gasteiger partial charge in [0.1, 0.15) is 11.3 Å². The number of nitrogens with zero attached hydrogens (tertiary/aromatic N) is 1. The van der Waals surface area contributed by atoms with Crippen LogP contribution >= 0.6 is 0 Å². The normalized spacial score (nSPS) is 10.6. The topological polar surface area (TPSA) is 80.3 Å². The Balaban J connectivity index is 1.29. The van der Waals surface area contributed by atoms with Crippen molar-refractivity contribution in [1.82, 2.24) is 10.3 Å². The van der Waals surface area contributed by atoms with E-state index < -0.39 is 0 Å². The molecule has 0 aliphatic heterocycles. The van der Waals surface area contributed by atoms with E-state index in [2.05, 4.69) is 15.6 Å². The molecule has 2 N–H and O–H groups in total. The molecule has 4 rings (SSSR count). The second-order valence-electron chi connectivity index (χ2n) is 7.64. The maximum atomic E-state index is 12.6. The number of ether oxygens (including phenoxy) is 1. The van der Waals surface area contributed by atoms with Gasteiger partial charge < -0.3 is 15.4 Å². The predicted molar refractivity (Wildman–Crippen MR) is 130 cm³/mol. The number of fused-ring (bicyclic) bond motifs is 1. The lowest BCUT2D eigenvalue weighted by atomic mass is 10.1. The van der Waals surface area contributed by atoms with Crippen LogP contribution in [0.1, 0.15) is 32.7 Å². The molecule has 2 amide bonds. The molecule has 33 heavy (non-hydrogen) atoms. The molecule has 0 aliphatic rings. The Bertz CT molecular complexity index is 1270. The van der Waals surface area contributed by atoms with Gasteiger partial charge in [0.2, 0.25) is 0 Å². The molecule has 0 spiro atoms. The molecule has 0 aliphatic carbocycles. The number of amides is 2. The summed E-state index contributed by atoms with van der Waals surface area (Å²) in [5.74, 6) is 0.324. The van der Waals surface area contributed by atoms with E-state index in [1.165, 1.54) is 0 Å². The Kier molecular flexibility index (Phi) is 6.95. The molecule has 0 saturated heterocycles. The van der Waals surface area contributed by atoms with Gasteiger partial charge in [-0.05, 0) is 55.3 Å². The van der Waals surface area contributed by atoms with E-state index in [9.17, 15) is 9.59 Å². The van der Waals surface area contributed by atoms with Crippen LogP contribution in [0, 0.1) is 6.92 Å². The minimum Gasteiger partial charge on any atom is -0.491 e. The van der Waals surface area contributed by atoms with E-state index in [0.717, 1.165) is 22.2 Å². The zero-order valence-corrected chi connectivity index (χ0v) is 18.4. The van der Waals surface area contributed by atoms with Gasteiger partial charge in [0.15, 0.2) is 0 Å². The highest BCUT2D eigenvalue weighted by molar-refractivity contribution is 6.05. The molecule has 4 aromatic rings. The molecule has 0 bridgehead atoms. The Hall–Kier alpha value is -4.19. The fraction of sp³-hybridized carbons (Fsp3) is 0.148. The molecular weight excluding hydrogens is 414 g/mol. The van der Waals surface area contributed by atoms with Crippen molar-refractivity contribution in [3.05, 3.63) is 102 Å². The van der Waals surface area contributed by atoms with Gasteiger partial charge in [-0.1, -0.05) is 42.5 Å². The molecule has 6 nitrogen and oxygen atoms in total. The van der Waals surface area contributed by atoms with Crippen LogP contribution < -0.4 is 15.4 Å². The smallest absolute Gasteiger partial charge is 0.255 e. The van der Waals surface area contributed by atoms with Crippen LogP contribution in [0.25, 0.3) is 10.9 Å². The number of hydrogen-bond acceptors (Lipinski definition) is 4. The van der Waals surface area contributed by atoms with Crippen LogP contribution in [0.5, 0.6) is 5.75 Å². The van der Waals surface area contributed by atoms with Gasteiger partial charge in [0.05, 0.1) is 6.61 Å². The number of aromatic nitrogens is 1. The van der Waals surface area contributed by atoms with E-state index in [1.807, 2.05) is 61.5 Å². The van der Waals surface area contributed by atoms with Gasteiger partial charge in [-0.2, -0.15) is 0 Å². The molecule has 0 atom stereocenters. The van der Waals surface area contributed by atoms with Gasteiger partial charge >= 0.3 is 0 Å². The van der Waals surface area contributed by atoms with E-state index >= 15 is 0 Å². The lowest BCUT2D eigenvalue weighted by Gasteiger charge is -2.12. The molecule has 166 valence electrons. The molecule has 0 radical (unpaired) electrons. The van der Waals surface area contributed by atoms with Crippen LogP contribution in [0.3, 0.4) is 0 Å². The largest absolute Gasteiger partial charge is 0.491 e. The third-order valence-corrected chi connectivity index (χ3v) is 5.24. The fourth-order valence-corrected chi connectivity index (χ4v) is 3.43. The first kappa shape index (κ1) is 22.0. The number of para-hydroxylation sites is 1. The van der Waals surface area contributed by atoms with Gasteiger partial charge in [-0.3, -0.25) is 14.6 Å². The average molecular weight is 440 g/mol. The maximum absolute atomic E-state index is 12.6. The Morgan fingerprint density at radius 1 is 0.879 bits per heavy atom. The van der Waals surface area contributed by atoms with Crippen LogP contribution in [0.4, 0.5) is 5.69 Å². The van der Waals surface area contributed by atoms with Gasteiger partial charge in [0.25, 0.3) is 11.8 Å². The number of carbonyl (C=O) groups excluding carboxylic acids is 2. The van der Waals surface area contributed by atoms with E-state index in [4.69, 9.17) is 4.74 Å². The van der Waals surface area contributed by atoms with E-state index in [-0.39, 0.29) is 11.8 Å². The minimum atomic E-state index is -0.212. The highest BCUT2D eigenvalue weighted by Crippen LogP contribution is 2.23. The average Bonchev–Trinajstić information content (AvgIpc) is 2.85. The number of hydrogen-bond donors (Lipinski definition) is 2. The van der Waals surface area contributed by atoms with E-state index in [1.54, 1.807) is 30.5 Å². The molecule has 3 aromatic carbocycles. The summed E-state index contributed by atoms with van der Waals surface area (Å²) in [7, 11) is 0. The molecule has 0 fully saturated rings. The Morgan fingerprint density at radius 3 is 2.55 bits per heavy atom. The van der Waals surface area contributed by atoms with Crippen molar-refractivity contribution < 1.29 is 14.3 Å². The first-order valence-corrected chi connectivity index (χ1v) is 10.8. The number of benzene rings is 3. The van der Waals surface area contributed by atoms with Gasteiger partial charge in [-0.25, -0.2) is 0 Å². The summed E-state index contributed by atoms with van der Waals surface area (Å²) in [6.45, 7) is 2.82. The molecule has 6 heteroatoms. The molecular formula is C27H25N3O3. The summed E-state index contributed by atoms with van der Waals surface area (Å²) in [5, 5.41) is 6.82. The summed E-state index contributed by atoms with van der Waals surface area (Å²) in [4.78, 5) is 29.4. The molecule has 1 aromatic heterocycles. The standard InChI is InChI=1S/C27H25N3O3/c1-19-13-14-22(18-23(19)30-27(32)21-8-3-2-4-9-21)26(31)29-16-7-17-33-24-12-5-10-20-11-6-15-28-25(20)24/h2-6,8-15,18H,7,16-17H2,1H3,(H,29,31)(H,30,32). The summed E-state index contributed by atoms with van der Waals surface area (Å²) >= 11 is 0. The second-order valence-corrected chi connectivity index (χ2v) is 7.64. The van der Waals surface area contributed by atoms with E-state index in [0.29, 0.717) is 36.4 Å². The third kappa shape index (κ3) is 5.54. The van der Waals surface area contributed by atoms with Crippen molar-refractivity contribution in [3.8, 4) is 5.75 Å². The van der Waals surface area contributed by atoms with Crippen LogP contribution in [0.2, 0.25) is 0 Å². The van der Waals surface area contributed by atoms with Crippen molar-refractivity contribution in [1.29, 1.82) is 0 Å². The monoisotopic (exact) mass is 439 g/mol. The quantitative estimate of drug-likeness (QED) is 0.379. The van der Waals surface area contributed by atoms with Crippen molar-refractivity contribution in [2.45, 2.75) is 13.3 Å². The summed E-state index contributed by atoms with van der Waals surface area (Å²) < 4.78 is 5.87. The zero-order valence-electron chi connectivity index (χ0n) is 18.4. The molecule has 0 unspecified atom stereocenters. The van der Waals surface area contributed by atoms with Crippen LogP contribution in [0.15, 0.2) is 85.1 Å². The Morgan fingerprint density at radius 2 is 1.70 bits per heavy atom. The van der Waals surface area contributed by atoms with Crippen LogP contribution in [-0.4, -0.2) is 29.9 Å². The lowest BCUT2D eigenvalue weighted by molar-refractivity contribution is 0.0950. The van der Waals surface area contributed by atoms with Crippen LogP contribution in [-0.2, 0) is 0 Å². The number of nitrogens with one attached hydrogen (secondary N) is 2. The number of anilines is 1. The summed E-state index contributed by atoms with van der Waals surface area (Å²) in [6, 6.07) is 24.0. The first-order valence-electron chi connectivity index (χ1n) is 10.8. The van der Waals surface area contributed by atoms with Crippen molar-refractivity contribution in [2.75, 3.05) is 18.5 Å². The molecule has 1 heterocycles. The number of rotatable bonds is 8. The van der Waals surface area contributed by atoms with Crippen molar-refractivity contribution >= 4 is 28.4 Å². The molecule has 0 saturated carbocycles. The predicted octanol–water partition coefficient (Wildman–Crippen LogP) is 4.99. The second kappa shape index (κ2) is 10.4. The third-order valence-electron chi connectivity index (χ3n) is 5.24. The zero-order chi connectivity index (χ0) is 23.0. The van der Waals surface area contributed by atoms with Gasteiger partial charge in [-0.15, -0.1) is 0 Å². The van der Waals surface area contributed by atoms with Crippen molar-refractivity contribution in [3.63, 3.8) is 0 Å². The first-order chi connectivity index (χ1) is 16.1. The number of pyridine rings is 1. The fourth-order valence-electron chi connectivity index (χ4n) is 3.43. The lowest BCUT2D eigenvalue weighted by Crippen LogP contribution is -2.26. The van der Waals surface area contributed by atoms with Crippen molar-refractivity contribution in [2.24, 2.45) is 0 Å². The SMILES string of the molecule is Cc1ccc(C(=O)NCCCOc2cccc3cccnc23)cc1NC(=O)c1ccccc1. The maximum Gasteiger partial charge on any atom is 0.255 e. The summed E-state index contributed by atoms with van der Waals surface area (Å²) in [5.41, 5.74) is 3.38. The number of aryl methyl sites for hydroxylation is 1.